The Balaban J connectivity index is 1.45. The van der Waals surface area contributed by atoms with Gasteiger partial charge in [0.05, 0.1) is 47.7 Å². The number of carbonyl (C=O) groups is 1. The van der Waals surface area contributed by atoms with E-state index in [1.54, 1.807) is 30.6 Å². The minimum Gasteiger partial charge on any atom is -0.496 e. The fourth-order valence-electron chi connectivity index (χ4n) is 4.32. The van der Waals surface area contributed by atoms with Crippen LogP contribution in [0.1, 0.15) is 12.5 Å². The molecule has 0 unspecified atom stereocenters. The number of pyridine rings is 2. The minimum absolute atomic E-state index is 0.246. The highest BCUT2D eigenvalue weighted by Gasteiger charge is 2.28. The Kier molecular flexibility index (Phi) is 5.85. The first-order valence-electron chi connectivity index (χ1n) is 11.1. The number of nitrogens with zero attached hydrogens (tertiary/aromatic N) is 3. The highest BCUT2D eigenvalue weighted by atomic mass is 19.1. The summed E-state index contributed by atoms with van der Waals surface area (Å²) in [6.07, 6.45) is 3.30. The van der Waals surface area contributed by atoms with E-state index in [1.165, 1.54) is 13.2 Å². The number of carbonyl (C=O) groups excluding carboxylic acids is 1. The van der Waals surface area contributed by atoms with Gasteiger partial charge in [-0.05, 0) is 37.3 Å². The Hall–Kier alpha value is -3.98. The van der Waals surface area contributed by atoms with Crippen molar-refractivity contribution < 1.29 is 13.9 Å². The number of halogens is 1. The number of fused-ring (bicyclic) bond motifs is 1. The van der Waals surface area contributed by atoms with Crippen molar-refractivity contribution >= 4 is 28.7 Å². The average Bonchev–Trinajstić information content (AvgIpc) is 3.19. The van der Waals surface area contributed by atoms with Crippen LogP contribution < -0.4 is 25.6 Å². The Bertz CT molecular complexity index is 1270. The molecule has 0 radical (unpaired) electrons. The van der Waals surface area contributed by atoms with Gasteiger partial charge in [-0.1, -0.05) is 6.07 Å². The second kappa shape index (κ2) is 9.11. The predicted octanol–water partition coefficient (Wildman–Crippen LogP) is 3.50. The van der Waals surface area contributed by atoms with Crippen molar-refractivity contribution in [1.29, 1.82) is 0 Å². The molecule has 1 fully saturated rings. The van der Waals surface area contributed by atoms with Gasteiger partial charge in [-0.3, -0.25) is 9.78 Å². The molecule has 0 atom stereocenters. The van der Waals surface area contributed by atoms with E-state index in [4.69, 9.17) is 4.74 Å². The highest BCUT2D eigenvalue weighted by Crippen LogP contribution is 2.38. The van der Waals surface area contributed by atoms with Crippen LogP contribution in [0.3, 0.4) is 0 Å². The van der Waals surface area contributed by atoms with Crippen LogP contribution in [0, 0.1) is 5.82 Å². The summed E-state index contributed by atoms with van der Waals surface area (Å²) in [6.45, 7) is 5.55. The molecule has 0 spiro atoms. The molecule has 3 N–H and O–H groups in total. The SMILES string of the molecule is COc1cccc(F)c1-c1cc2c(cn1)NC(=O)/C2=C(/C)Nc1ccc(N2CCNCC2)nc1. The molecule has 2 aliphatic heterocycles. The zero-order valence-corrected chi connectivity index (χ0v) is 19.0. The van der Waals surface area contributed by atoms with Crippen LogP contribution in [-0.4, -0.2) is 49.2 Å². The zero-order valence-electron chi connectivity index (χ0n) is 19.0. The third kappa shape index (κ3) is 4.06. The standard InChI is InChI=1S/C25H25FN6O2/c1-15(30-16-6-7-22(29-13-16)32-10-8-27-9-11-32)23-17-12-19(28-14-20(17)31-25(23)33)24-18(26)4-3-5-21(24)34-2/h3-7,12-14,27,30H,8-11H2,1-2H3,(H,31,33)/b23-15-. The van der Waals surface area contributed by atoms with Crippen LogP contribution in [0.4, 0.5) is 21.6 Å². The molecule has 5 rings (SSSR count). The van der Waals surface area contributed by atoms with Crippen molar-refractivity contribution in [1.82, 2.24) is 15.3 Å². The van der Waals surface area contributed by atoms with Gasteiger partial charge in [-0.15, -0.1) is 0 Å². The summed E-state index contributed by atoms with van der Waals surface area (Å²) in [5.74, 6) is 0.613. The van der Waals surface area contributed by atoms with Crippen LogP contribution in [0.15, 0.2) is 54.5 Å². The molecule has 2 aromatic heterocycles. The third-order valence-electron chi connectivity index (χ3n) is 6.00. The lowest BCUT2D eigenvalue weighted by molar-refractivity contribution is -0.110. The predicted molar refractivity (Wildman–Crippen MR) is 130 cm³/mol. The zero-order chi connectivity index (χ0) is 23.7. The van der Waals surface area contributed by atoms with Gasteiger partial charge in [0.15, 0.2) is 0 Å². The van der Waals surface area contributed by atoms with E-state index < -0.39 is 5.82 Å². The summed E-state index contributed by atoms with van der Waals surface area (Å²) >= 11 is 0. The van der Waals surface area contributed by atoms with Crippen LogP contribution in [-0.2, 0) is 4.79 Å². The topological polar surface area (TPSA) is 91.4 Å². The molecule has 1 aromatic carbocycles. The van der Waals surface area contributed by atoms with Gasteiger partial charge in [-0.2, -0.15) is 0 Å². The molecular weight excluding hydrogens is 435 g/mol. The number of nitrogens with one attached hydrogen (secondary N) is 3. The molecule has 0 aliphatic carbocycles. The third-order valence-corrected chi connectivity index (χ3v) is 6.00. The number of ether oxygens (including phenoxy) is 1. The Morgan fingerprint density at radius 3 is 2.71 bits per heavy atom. The number of aromatic nitrogens is 2. The fourth-order valence-corrected chi connectivity index (χ4v) is 4.32. The van der Waals surface area contributed by atoms with Crippen molar-refractivity contribution in [2.45, 2.75) is 6.92 Å². The lowest BCUT2D eigenvalue weighted by Crippen LogP contribution is -2.43. The van der Waals surface area contributed by atoms with E-state index in [-0.39, 0.29) is 11.5 Å². The van der Waals surface area contributed by atoms with Gasteiger partial charge in [0.1, 0.15) is 17.4 Å². The quantitative estimate of drug-likeness (QED) is 0.502. The van der Waals surface area contributed by atoms with E-state index >= 15 is 0 Å². The molecule has 1 saturated heterocycles. The van der Waals surface area contributed by atoms with Crippen molar-refractivity contribution in [3.8, 4) is 17.0 Å². The molecule has 2 aliphatic rings. The number of rotatable bonds is 5. The van der Waals surface area contributed by atoms with Crippen LogP contribution >= 0.6 is 0 Å². The first kappa shape index (κ1) is 21.8. The Morgan fingerprint density at radius 1 is 1.15 bits per heavy atom. The normalized spacial score (nSPS) is 16.7. The number of piperazine rings is 1. The monoisotopic (exact) mass is 460 g/mol. The van der Waals surface area contributed by atoms with Crippen molar-refractivity contribution in [2.24, 2.45) is 0 Å². The second-order valence-electron chi connectivity index (χ2n) is 8.15. The molecule has 3 aromatic rings. The average molecular weight is 461 g/mol. The van der Waals surface area contributed by atoms with Crippen LogP contribution in [0.2, 0.25) is 0 Å². The van der Waals surface area contributed by atoms with E-state index in [9.17, 15) is 9.18 Å². The van der Waals surface area contributed by atoms with Gasteiger partial charge in [0.25, 0.3) is 5.91 Å². The number of hydrogen-bond donors (Lipinski definition) is 3. The lowest BCUT2D eigenvalue weighted by Gasteiger charge is -2.28. The first-order valence-corrected chi connectivity index (χ1v) is 11.1. The van der Waals surface area contributed by atoms with E-state index in [1.807, 2.05) is 19.1 Å². The summed E-state index contributed by atoms with van der Waals surface area (Å²) < 4.78 is 19.9. The van der Waals surface area contributed by atoms with Gasteiger partial charge in [0.2, 0.25) is 0 Å². The summed E-state index contributed by atoms with van der Waals surface area (Å²) in [7, 11) is 1.48. The smallest absolute Gasteiger partial charge is 0.258 e. The molecule has 4 heterocycles. The molecule has 9 heteroatoms. The number of hydrogen-bond acceptors (Lipinski definition) is 7. The van der Waals surface area contributed by atoms with Crippen molar-refractivity contribution in [3.05, 3.63) is 65.9 Å². The molecular formula is C25H25FN6O2. The molecule has 34 heavy (non-hydrogen) atoms. The maximum Gasteiger partial charge on any atom is 0.258 e. The fraction of sp³-hybridized carbons (Fsp3) is 0.240. The number of amides is 1. The largest absolute Gasteiger partial charge is 0.496 e. The summed E-state index contributed by atoms with van der Waals surface area (Å²) in [5, 5.41) is 9.45. The van der Waals surface area contributed by atoms with Crippen molar-refractivity contribution in [2.75, 3.05) is 48.8 Å². The second-order valence-corrected chi connectivity index (χ2v) is 8.15. The van der Waals surface area contributed by atoms with E-state index in [0.29, 0.717) is 34.0 Å². The maximum absolute atomic E-state index is 14.6. The molecule has 1 amide bonds. The van der Waals surface area contributed by atoms with E-state index in [2.05, 4.69) is 30.8 Å². The van der Waals surface area contributed by atoms with Crippen molar-refractivity contribution in [3.63, 3.8) is 0 Å². The summed E-state index contributed by atoms with van der Waals surface area (Å²) in [5.41, 5.74) is 3.77. The van der Waals surface area contributed by atoms with Gasteiger partial charge >= 0.3 is 0 Å². The lowest BCUT2D eigenvalue weighted by atomic mass is 10.0. The Morgan fingerprint density at radius 2 is 1.97 bits per heavy atom. The van der Waals surface area contributed by atoms with Gasteiger partial charge < -0.3 is 25.6 Å². The number of allylic oxidation sites excluding steroid dienone is 1. The molecule has 174 valence electrons. The molecule has 0 saturated carbocycles. The van der Waals surface area contributed by atoms with Gasteiger partial charge in [-0.25, -0.2) is 9.37 Å². The molecule has 8 nitrogen and oxygen atoms in total. The summed E-state index contributed by atoms with van der Waals surface area (Å²) in [4.78, 5) is 24.0. The van der Waals surface area contributed by atoms with Crippen LogP contribution in [0.5, 0.6) is 5.75 Å². The number of anilines is 3. The van der Waals surface area contributed by atoms with Gasteiger partial charge in [0, 0.05) is 37.4 Å². The number of benzene rings is 1. The Labute approximate surface area is 196 Å². The minimum atomic E-state index is -0.444. The molecule has 0 bridgehead atoms. The van der Waals surface area contributed by atoms with E-state index in [0.717, 1.165) is 37.7 Å². The van der Waals surface area contributed by atoms with Crippen LogP contribution in [0.25, 0.3) is 16.8 Å². The maximum atomic E-state index is 14.6. The first-order chi connectivity index (χ1) is 16.5. The highest BCUT2D eigenvalue weighted by molar-refractivity contribution is 6.32. The number of methoxy groups -OCH3 is 1. The summed E-state index contributed by atoms with van der Waals surface area (Å²) in [6, 6.07) is 10.2.